The normalized spacial score (nSPS) is 18.4. The molecule has 1 saturated heterocycles. The highest BCUT2D eigenvalue weighted by Gasteiger charge is 2.13. The Bertz CT molecular complexity index is 465. The molecule has 1 unspecified atom stereocenters. The number of nitrogens with one attached hydrogen (secondary N) is 1. The fourth-order valence-corrected chi connectivity index (χ4v) is 2.76. The Hall–Kier alpha value is -1.36. The first kappa shape index (κ1) is 15.0. The Morgan fingerprint density at radius 2 is 2.40 bits per heavy atom. The molecular formula is C15H26N4O. The molecular weight excluding hydrogens is 252 g/mol. The Morgan fingerprint density at radius 1 is 1.55 bits per heavy atom. The summed E-state index contributed by atoms with van der Waals surface area (Å²) in [6.07, 6.45) is 7.55. The zero-order valence-electron chi connectivity index (χ0n) is 12.6. The highest BCUT2D eigenvalue weighted by atomic mass is 16.1. The van der Waals surface area contributed by atoms with Crippen LogP contribution in [-0.2, 0) is 6.54 Å². The van der Waals surface area contributed by atoms with E-state index in [1.807, 2.05) is 7.05 Å². The fourth-order valence-electron chi connectivity index (χ4n) is 2.76. The largest absolute Gasteiger partial charge is 0.373 e. The lowest BCUT2D eigenvalue weighted by molar-refractivity contribution is 0.472. The number of hydrogen-bond donors (Lipinski definition) is 1. The maximum atomic E-state index is 12.0. The summed E-state index contributed by atoms with van der Waals surface area (Å²) in [4.78, 5) is 14.1. The van der Waals surface area contributed by atoms with E-state index >= 15 is 0 Å². The van der Waals surface area contributed by atoms with Gasteiger partial charge in [0.05, 0.1) is 11.9 Å². The zero-order valence-corrected chi connectivity index (χ0v) is 12.6. The summed E-state index contributed by atoms with van der Waals surface area (Å²) < 4.78 is 1.58. The van der Waals surface area contributed by atoms with Gasteiger partial charge in [-0.25, -0.2) is 4.68 Å². The summed E-state index contributed by atoms with van der Waals surface area (Å²) in [6, 6.07) is 2.33. The molecule has 0 radical (unpaired) electrons. The lowest BCUT2D eigenvalue weighted by atomic mass is 10.1. The monoisotopic (exact) mass is 278 g/mol. The maximum absolute atomic E-state index is 12.0. The average molecular weight is 278 g/mol. The molecule has 0 aromatic carbocycles. The Balaban J connectivity index is 1.87. The smallest absolute Gasteiger partial charge is 0.268 e. The summed E-state index contributed by atoms with van der Waals surface area (Å²) in [5, 5.41) is 7.77. The van der Waals surface area contributed by atoms with Crippen LogP contribution in [0.1, 0.15) is 39.0 Å². The third-order valence-corrected chi connectivity index (χ3v) is 3.94. The van der Waals surface area contributed by atoms with E-state index in [1.165, 1.54) is 12.8 Å². The lowest BCUT2D eigenvalue weighted by Gasteiger charge is -2.18. The highest BCUT2D eigenvalue weighted by molar-refractivity contribution is 5.41. The molecule has 2 heterocycles. The molecule has 1 N–H and O–H groups in total. The first-order chi connectivity index (χ1) is 9.70. The molecule has 1 atom stereocenters. The summed E-state index contributed by atoms with van der Waals surface area (Å²) in [7, 11) is 2.00. The summed E-state index contributed by atoms with van der Waals surface area (Å²) in [5.41, 5.74) is 0.912. The van der Waals surface area contributed by atoms with Crippen LogP contribution < -0.4 is 15.8 Å². The SMILES string of the molecule is CCCN(C)c1cnn(CCCC2CCCN2)c(=O)c1. The van der Waals surface area contributed by atoms with E-state index in [1.54, 1.807) is 16.9 Å². The number of aryl methyl sites for hydroxylation is 1. The quantitative estimate of drug-likeness (QED) is 0.823. The second-order valence-corrected chi connectivity index (χ2v) is 5.63. The Kier molecular flexibility index (Phi) is 5.59. The van der Waals surface area contributed by atoms with Crippen LogP contribution >= 0.6 is 0 Å². The van der Waals surface area contributed by atoms with E-state index in [0.717, 1.165) is 44.6 Å². The number of aromatic nitrogens is 2. The van der Waals surface area contributed by atoms with Gasteiger partial charge < -0.3 is 10.2 Å². The van der Waals surface area contributed by atoms with Gasteiger partial charge in [-0.1, -0.05) is 6.92 Å². The van der Waals surface area contributed by atoms with Crippen molar-refractivity contribution in [1.82, 2.24) is 15.1 Å². The number of nitrogens with zero attached hydrogens (tertiary/aromatic N) is 3. The Morgan fingerprint density at radius 3 is 3.05 bits per heavy atom. The molecule has 1 aliphatic heterocycles. The van der Waals surface area contributed by atoms with Crippen molar-refractivity contribution < 1.29 is 0 Å². The number of hydrogen-bond acceptors (Lipinski definition) is 4. The van der Waals surface area contributed by atoms with Crippen LogP contribution in [0.3, 0.4) is 0 Å². The third-order valence-electron chi connectivity index (χ3n) is 3.94. The van der Waals surface area contributed by atoms with Gasteiger partial charge in [-0.2, -0.15) is 5.10 Å². The first-order valence-electron chi connectivity index (χ1n) is 7.72. The highest BCUT2D eigenvalue weighted by Crippen LogP contribution is 2.11. The van der Waals surface area contributed by atoms with Crippen molar-refractivity contribution in [2.75, 3.05) is 25.0 Å². The molecule has 20 heavy (non-hydrogen) atoms. The first-order valence-corrected chi connectivity index (χ1v) is 7.72. The molecule has 0 saturated carbocycles. The van der Waals surface area contributed by atoms with E-state index in [4.69, 9.17) is 0 Å². The molecule has 0 bridgehead atoms. The molecule has 2 rings (SSSR count). The number of anilines is 1. The van der Waals surface area contributed by atoms with Gasteiger partial charge in [0, 0.05) is 32.2 Å². The van der Waals surface area contributed by atoms with Gasteiger partial charge in [-0.05, 0) is 38.6 Å². The van der Waals surface area contributed by atoms with E-state index < -0.39 is 0 Å². The van der Waals surface area contributed by atoms with Gasteiger partial charge in [0.2, 0.25) is 0 Å². The second-order valence-electron chi connectivity index (χ2n) is 5.63. The molecule has 1 fully saturated rings. The Labute approximate surface area is 121 Å². The minimum Gasteiger partial charge on any atom is -0.373 e. The van der Waals surface area contributed by atoms with Crippen LogP contribution in [0.5, 0.6) is 0 Å². The predicted octanol–water partition coefficient (Wildman–Crippen LogP) is 1.62. The molecule has 5 heteroatoms. The maximum Gasteiger partial charge on any atom is 0.268 e. The van der Waals surface area contributed by atoms with Crippen LogP contribution in [0, 0.1) is 0 Å². The van der Waals surface area contributed by atoms with Gasteiger partial charge in [0.1, 0.15) is 0 Å². The molecule has 112 valence electrons. The molecule has 5 nitrogen and oxygen atoms in total. The van der Waals surface area contributed by atoms with Crippen LogP contribution in [0.25, 0.3) is 0 Å². The van der Waals surface area contributed by atoms with E-state index in [9.17, 15) is 4.79 Å². The topological polar surface area (TPSA) is 50.2 Å². The molecule has 1 aliphatic rings. The van der Waals surface area contributed by atoms with E-state index in [0.29, 0.717) is 6.04 Å². The van der Waals surface area contributed by atoms with Crippen molar-refractivity contribution in [2.24, 2.45) is 0 Å². The lowest BCUT2D eigenvalue weighted by Crippen LogP contribution is -2.27. The van der Waals surface area contributed by atoms with Crippen LogP contribution in [0.15, 0.2) is 17.1 Å². The summed E-state index contributed by atoms with van der Waals surface area (Å²) >= 11 is 0. The van der Waals surface area contributed by atoms with Gasteiger partial charge in [0.25, 0.3) is 5.56 Å². The van der Waals surface area contributed by atoms with Crippen molar-refractivity contribution in [3.63, 3.8) is 0 Å². The van der Waals surface area contributed by atoms with Crippen LogP contribution in [0.4, 0.5) is 5.69 Å². The molecule has 1 aromatic heterocycles. The van der Waals surface area contributed by atoms with Gasteiger partial charge in [-0.3, -0.25) is 4.79 Å². The summed E-state index contributed by atoms with van der Waals surface area (Å²) in [6.45, 7) is 4.93. The number of rotatable bonds is 7. The van der Waals surface area contributed by atoms with Crippen molar-refractivity contribution >= 4 is 5.69 Å². The van der Waals surface area contributed by atoms with Crippen molar-refractivity contribution in [3.05, 3.63) is 22.6 Å². The van der Waals surface area contributed by atoms with E-state index in [-0.39, 0.29) is 5.56 Å². The van der Waals surface area contributed by atoms with Gasteiger partial charge >= 0.3 is 0 Å². The predicted molar refractivity (Wildman–Crippen MR) is 82.3 cm³/mol. The summed E-state index contributed by atoms with van der Waals surface area (Å²) in [5.74, 6) is 0. The fraction of sp³-hybridized carbons (Fsp3) is 0.733. The van der Waals surface area contributed by atoms with Crippen molar-refractivity contribution in [2.45, 2.75) is 51.6 Å². The average Bonchev–Trinajstić information content (AvgIpc) is 2.94. The van der Waals surface area contributed by atoms with E-state index in [2.05, 4.69) is 22.2 Å². The second kappa shape index (κ2) is 7.43. The molecule has 0 amide bonds. The van der Waals surface area contributed by atoms with Crippen molar-refractivity contribution in [3.8, 4) is 0 Å². The minimum absolute atomic E-state index is 0.00448. The molecule has 0 spiro atoms. The minimum atomic E-state index is 0.00448. The van der Waals surface area contributed by atoms with Gasteiger partial charge in [0.15, 0.2) is 0 Å². The third kappa shape index (κ3) is 4.07. The molecule has 1 aromatic rings. The van der Waals surface area contributed by atoms with Crippen LogP contribution in [0.2, 0.25) is 0 Å². The zero-order chi connectivity index (χ0) is 14.4. The van der Waals surface area contributed by atoms with Crippen LogP contribution in [-0.4, -0.2) is 36.0 Å². The van der Waals surface area contributed by atoms with Crippen molar-refractivity contribution in [1.29, 1.82) is 0 Å². The molecule has 0 aliphatic carbocycles. The standard InChI is InChI=1S/C15H26N4O/c1-3-9-18(2)14-11-15(20)19(17-12-14)10-5-7-13-6-4-8-16-13/h11-13,16H,3-10H2,1-2H3. The van der Waals surface area contributed by atoms with Gasteiger partial charge in [-0.15, -0.1) is 0 Å².